The highest BCUT2D eigenvalue weighted by Crippen LogP contribution is 2.21. The number of pyridine rings is 1. The van der Waals surface area contributed by atoms with Crippen molar-refractivity contribution in [3.05, 3.63) is 52.4 Å². The molecule has 0 amide bonds. The van der Waals surface area contributed by atoms with Crippen LogP contribution in [0, 0.1) is 6.92 Å². The van der Waals surface area contributed by atoms with Gasteiger partial charge in [0.15, 0.2) is 0 Å². The first kappa shape index (κ1) is 10.8. The molecule has 90 valence electrons. The maximum atomic E-state index is 11.6. The molecule has 0 saturated carbocycles. The molecule has 0 saturated heterocycles. The van der Waals surface area contributed by atoms with Crippen molar-refractivity contribution < 1.29 is 0 Å². The minimum atomic E-state index is -0.0373. The average molecular weight is 239 g/mol. The highest BCUT2D eigenvalue weighted by molar-refractivity contribution is 5.82. The number of aryl methyl sites for hydroxylation is 2. The second-order valence-electron chi connectivity index (χ2n) is 4.42. The lowest BCUT2D eigenvalue weighted by Crippen LogP contribution is -2.14. The quantitative estimate of drug-likeness (QED) is 0.708. The zero-order valence-electron chi connectivity index (χ0n) is 10.3. The average Bonchev–Trinajstić information content (AvgIpc) is 2.78. The summed E-state index contributed by atoms with van der Waals surface area (Å²) in [7, 11) is 1.73. The van der Waals surface area contributed by atoms with E-state index in [0.717, 1.165) is 28.0 Å². The van der Waals surface area contributed by atoms with Crippen LogP contribution in [0.4, 0.5) is 0 Å². The molecule has 4 nitrogen and oxygen atoms in total. The predicted octanol–water partition coefficient (Wildman–Crippen LogP) is 2.24. The molecule has 2 aromatic heterocycles. The second-order valence-corrected chi connectivity index (χ2v) is 4.42. The molecule has 0 aliphatic carbocycles. The Morgan fingerprint density at radius 3 is 2.83 bits per heavy atom. The molecule has 0 fully saturated rings. The number of hydrogen-bond donors (Lipinski definition) is 1. The smallest absolute Gasteiger partial charge is 0.250 e. The first-order chi connectivity index (χ1) is 8.65. The molecular formula is C14H13N3O. The molecule has 1 aromatic carbocycles. The Kier molecular flexibility index (Phi) is 2.30. The van der Waals surface area contributed by atoms with Gasteiger partial charge in [-0.3, -0.25) is 4.79 Å². The highest BCUT2D eigenvalue weighted by Gasteiger charge is 2.07. The van der Waals surface area contributed by atoms with Gasteiger partial charge < -0.3 is 9.55 Å². The molecule has 4 heteroatoms. The molecule has 18 heavy (non-hydrogen) atoms. The number of benzene rings is 1. The van der Waals surface area contributed by atoms with Gasteiger partial charge in [0.25, 0.3) is 5.56 Å². The number of para-hydroxylation sites is 1. The Morgan fingerprint density at radius 1 is 1.28 bits per heavy atom. The summed E-state index contributed by atoms with van der Waals surface area (Å²) in [5, 5.41) is 0. The largest absolute Gasteiger partial charge is 0.338 e. The monoisotopic (exact) mass is 239 g/mol. The Bertz CT molecular complexity index is 783. The first-order valence-electron chi connectivity index (χ1n) is 5.77. The van der Waals surface area contributed by atoms with E-state index in [1.165, 1.54) is 4.57 Å². The highest BCUT2D eigenvalue weighted by atomic mass is 16.1. The van der Waals surface area contributed by atoms with Crippen LogP contribution in [0.15, 0.2) is 41.3 Å². The summed E-state index contributed by atoms with van der Waals surface area (Å²) in [5.41, 5.74) is 3.84. The van der Waals surface area contributed by atoms with E-state index in [-0.39, 0.29) is 5.56 Å². The molecule has 0 bridgehead atoms. The number of imidazole rings is 1. The number of aromatic nitrogens is 3. The molecular weight excluding hydrogens is 226 g/mol. The van der Waals surface area contributed by atoms with Crippen LogP contribution in [-0.4, -0.2) is 14.5 Å². The lowest BCUT2D eigenvalue weighted by Gasteiger charge is -1.98. The number of fused-ring (bicyclic) bond motifs is 1. The lowest BCUT2D eigenvalue weighted by atomic mass is 10.2. The zero-order chi connectivity index (χ0) is 12.7. The van der Waals surface area contributed by atoms with Gasteiger partial charge in [0.1, 0.15) is 5.82 Å². The van der Waals surface area contributed by atoms with E-state index >= 15 is 0 Å². The summed E-state index contributed by atoms with van der Waals surface area (Å²) >= 11 is 0. The minimum absolute atomic E-state index is 0.0373. The summed E-state index contributed by atoms with van der Waals surface area (Å²) in [5.74, 6) is 0.733. The van der Waals surface area contributed by atoms with Crippen molar-refractivity contribution in [2.75, 3.05) is 0 Å². The minimum Gasteiger partial charge on any atom is -0.338 e. The maximum Gasteiger partial charge on any atom is 0.250 e. The number of nitrogens with zero attached hydrogens (tertiary/aromatic N) is 2. The van der Waals surface area contributed by atoms with E-state index < -0.39 is 0 Å². The fourth-order valence-electron chi connectivity index (χ4n) is 2.01. The summed E-state index contributed by atoms with van der Waals surface area (Å²) in [6, 6.07) is 9.47. The van der Waals surface area contributed by atoms with Crippen LogP contribution in [0.5, 0.6) is 0 Å². The number of rotatable bonds is 1. The number of H-pyrrole nitrogens is 1. The summed E-state index contributed by atoms with van der Waals surface area (Å²) in [6.45, 7) is 2.02. The number of nitrogens with one attached hydrogen (secondary N) is 1. The number of hydrogen-bond acceptors (Lipinski definition) is 2. The summed E-state index contributed by atoms with van der Waals surface area (Å²) in [6.07, 6.45) is 1.75. The normalized spacial score (nSPS) is 11.0. The second kappa shape index (κ2) is 3.84. The summed E-state index contributed by atoms with van der Waals surface area (Å²) < 4.78 is 1.54. The van der Waals surface area contributed by atoms with Crippen LogP contribution >= 0.6 is 0 Å². The first-order valence-corrected chi connectivity index (χ1v) is 5.77. The van der Waals surface area contributed by atoms with Crippen molar-refractivity contribution in [1.82, 2.24) is 14.5 Å². The Balaban J connectivity index is 2.22. The molecule has 0 aliphatic rings. The van der Waals surface area contributed by atoms with Crippen molar-refractivity contribution in [1.29, 1.82) is 0 Å². The standard InChI is InChI=1S/C14H13N3O/c1-9-4-3-5-11-13(9)16-14(15-11)10-6-7-17(2)12(18)8-10/h3-8H,1-2H3,(H,15,16). The fourth-order valence-corrected chi connectivity index (χ4v) is 2.01. The van der Waals surface area contributed by atoms with E-state index in [1.807, 2.05) is 31.2 Å². The van der Waals surface area contributed by atoms with E-state index in [0.29, 0.717) is 0 Å². The van der Waals surface area contributed by atoms with Crippen LogP contribution in [0.2, 0.25) is 0 Å². The van der Waals surface area contributed by atoms with Gasteiger partial charge >= 0.3 is 0 Å². The molecule has 0 spiro atoms. The molecule has 1 N–H and O–H groups in total. The van der Waals surface area contributed by atoms with E-state index in [9.17, 15) is 4.79 Å². The van der Waals surface area contributed by atoms with Crippen LogP contribution in [-0.2, 0) is 7.05 Å². The molecule has 0 unspecified atom stereocenters. The maximum absolute atomic E-state index is 11.6. The van der Waals surface area contributed by atoms with Gasteiger partial charge in [-0.15, -0.1) is 0 Å². The van der Waals surface area contributed by atoms with Crippen molar-refractivity contribution in [2.45, 2.75) is 6.92 Å². The third-order valence-corrected chi connectivity index (χ3v) is 3.09. The molecule has 3 aromatic rings. The van der Waals surface area contributed by atoms with Gasteiger partial charge in [-0.05, 0) is 24.6 Å². The van der Waals surface area contributed by atoms with Gasteiger partial charge in [-0.2, -0.15) is 0 Å². The third-order valence-electron chi connectivity index (χ3n) is 3.09. The Morgan fingerprint density at radius 2 is 2.11 bits per heavy atom. The van der Waals surface area contributed by atoms with Crippen LogP contribution in [0.1, 0.15) is 5.56 Å². The van der Waals surface area contributed by atoms with Gasteiger partial charge in [0.05, 0.1) is 11.0 Å². The van der Waals surface area contributed by atoms with Crippen LogP contribution in [0.3, 0.4) is 0 Å². The molecule has 0 aliphatic heterocycles. The molecule has 2 heterocycles. The molecule has 0 radical (unpaired) electrons. The zero-order valence-corrected chi connectivity index (χ0v) is 10.3. The molecule has 3 rings (SSSR count). The topological polar surface area (TPSA) is 50.7 Å². The Hall–Kier alpha value is -2.36. The summed E-state index contributed by atoms with van der Waals surface area (Å²) in [4.78, 5) is 19.4. The third kappa shape index (κ3) is 1.62. The SMILES string of the molecule is Cc1cccc2[nH]c(-c3ccn(C)c(=O)c3)nc12. The van der Waals surface area contributed by atoms with Crippen molar-refractivity contribution in [3.63, 3.8) is 0 Å². The van der Waals surface area contributed by atoms with Crippen molar-refractivity contribution in [3.8, 4) is 11.4 Å². The van der Waals surface area contributed by atoms with Gasteiger partial charge in [-0.1, -0.05) is 12.1 Å². The van der Waals surface area contributed by atoms with Gasteiger partial charge in [0, 0.05) is 24.9 Å². The van der Waals surface area contributed by atoms with Gasteiger partial charge in [-0.25, -0.2) is 4.98 Å². The van der Waals surface area contributed by atoms with E-state index in [2.05, 4.69) is 9.97 Å². The van der Waals surface area contributed by atoms with Crippen LogP contribution in [0.25, 0.3) is 22.4 Å². The van der Waals surface area contributed by atoms with Crippen molar-refractivity contribution in [2.24, 2.45) is 7.05 Å². The lowest BCUT2D eigenvalue weighted by molar-refractivity contribution is 0.860. The fraction of sp³-hybridized carbons (Fsp3) is 0.143. The van der Waals surface area contributed by atoms with E-state index in [1.54, 1.807) is 19.3 Å². The van der Waals surface area contributed by atoms with Crippen molar-refractivity contribution >= 4 is 11.0 Å². The molecule has 0 atom stereocenters. The predicted molar refractivity (Wildman–Crippen MR) is 71.5 cm³/mol. The Labute approximate surface area is 104 Å². The number of aromatic amines is 1. The van der Waals surface area contributed by atoms with E-state index in [4.69, 9.17) is 0 Å². The van der Waals surface area contributed by atoms with Crippen LogP contribution < -0.4 is 5.56 Å². The van der Waals surface area contributed by atoms with Gasteiger partial charge in [0.2, 0.25) is 0 Å².